The first kappa shape index (κ1) is 17.2. The van der Waals surface area contributed by atoms with E-state index in [9.17, 15) is 0 Å². The molecule has 1 heterocycles. The van der Waals surface area contributed by atoms with Crippen molar-refractivity contribution in [3.63, 3.8) is 0 Å². The Morgan fingerprint density at radius 2 is 1.67 bits per heavy atom. The summed E-state index contributed by atoms with van der Waals surface area (Å²) >= 11 is 0. The standard InChI is InChI=1S/C18H37N3/c1-5-9-19-17-16(7-8-18(17,3)4)15-21-13-11-20(10-6-2)12-14-21/h16-17,19H,5-15H2,1-4H3. The van der Waals surface area contributed by atoms with Gasteiger partial charge in [-0.25, -0.2) is 0 Å². The van der Waals surface area contributed by atoms with Gasteiger partial charge in [0.05, 0.1) is 0 Å². The lowest BCUT2D eigenvalue weighted by Gasteiger charge is -2.38. The zero-order chi connectivity index (χ0) is 15.3. The lowest BCUT2D eigenvalue weighted by Crippen LogP contribution is -2.51. The first-order valence-corrected chi connectivity index (χ1v) is 9.25. The van der Waals surface area contributed by atoms with Crippen LogP contribution in [0.2, 0.25) is 0 Å². The summed E-state index contributed by atoms with van der Waals surface area (Å²) in [5.41, 5.74) is 0.476. The third kappa shape index (κ3) is 4.67. The fraction of sp³-hybridized carbons (Fsp3) is 1.00. The van der Waals surface area contributed by atoms with E-state index in [0.29, 0.717) is 11.5 Å². The van der Waals surface area contributed by atoms with Crippen LogP contribution in [0.1, 0.15) is 53.4 Å². The Kier molecular flexibility index (Phi) is 6.51. The second-order valence-electron chi connectivity index (χ2n) is 7.86. The summed E-state index contributed by atoms with van der Waals surface area (Å²) in [5, 5.41) is 3.85. The summed E-state index contributed by atoms with van der Waals surface area (Å²) in [4.78, 5) is 5.35. The second kappa shape index (κ2) is 7.94. The van der Waals surface area contributed by atoms with Crippen molar-refractivity contribution in [2.75, 3.05) is 45.8 Å². The average Bonchev–Trinajstić information content (AvgIpc) is 2.74. The normalized spacial score (nSPS) is 30.9. The molecular formula is C18H37N3. The van der Waals surface area contributed by atoms with Gasteiger partial charge in [-0.1, -0.05) is 27.7 Å². The van der Waals surface area contributed by atoms with E-state index < -0.39 is 0 Å². The van der Waals surface area contributed by atoms with Crippen LogP contribution < -0.4 is 5.32 Å². The van der Waals surface area contributed by atoms with Crippen molar-refractivity contribution in [3.8, 4) is 0 Å². The molecule has 1 saturated heterocycles. The van der Waals surface area contributed by atoms with E-state index in [1.54, 1.807) is 0 Å². The first-order valence-electron chi connectivity index (χ1n) is 9.25. The van der Waals surface area contributed by atoms with Gasteiger partial charge in [0, 0.05) is 38.8 Å². The molecule has 0 radical (unpaired) electrons. The second-order valence-corrected chi connectivity index (χ2v) is 7.86. The van der Waals surface area contributed by atoms with E-state index in [4.69, 9.17) is 0 Å². The molecule has 1 aliphatic heterocycles. The fourth-order valence-corrected chi connectivity index (χ4v) is 4.30. The van der Waals surface area contributed by atoms with E-state index in [1.807, 2.05) is 0 Å². The quantitative estimate of drug-likeness (QED) is 0.779. The van der Waals surface area contributed by atoms with Crippen LogP contribution in [-0.2, 0) is 0 Å². The Morgan fingerprint density at radius 1 is 1.00 bits per heavy atom. The number of hydrogen-bond donors (Lipinski definition) is 1. The van der Waals surface area contributed by atoms with Crippen LogP contribution in [0.5, 0.6) is 0 Å². The van der Waals surface area contributed by atoms with Crippen molar-refractivity contribution in [1.29, 1.82) is 0 Å². The molecule has 1 N–H and O–H groups in total. The highest BCUT2D eigenvalue weighted by Gasteiger charge is 2.41. The molecule has 1 aliphatic carbocycles. The Hall–Kier alpha value is -0.120. The van der Waals surface area contributed by atoms with Gasteiger partial charge in [0.25, 0.3) is 0 Å². The van der Waals surface area contributed by atoms with E-state index in [0.717, 1.165) is 5.92 Å². The van der Waals surface area contributed by atoms with Gasteiger partial charge in [-0.05, 0) is 50.1 Å². The Bertz CT molecular complexity index is 295. The summed E-state index contributed by atoms with van der Waals surface area (Å²) in [5.74, 6) is 0.851. The number of piperazine rings is 1. The van der Waals surface area contributed by atoms with Crippen LogP contribution in [0.4, 0.5) is 0 Å². The first-order chi connectivity index (χ1) is 10.1. The zero-order valence-electron chi connectivity index (χ0n) is 14.8. The third-order valence-corrected chi connectivity index (χ3v) is 5.58. The predicted octanol–water partition coefficient (Wildman–Crippen LogP) is 2.82. The van der Waals surface area contributed by atoms with Crippen molar-refractivity contribution in [1.82, 2.24) is 15.1 Å². The number of hydrogen-bond acceptors (Lipinski definition) is 3. The zero-order valence-corrected chi connectivity index (χ0v) is 14.8. The molecule has 0 aromatic carbocycles. The molecule has 0 amide bonds. The van der Waals surface area contributed by atoms with E-state index in [-0.39, 0.29) is 0 Å². The van der Waals surface area contributed by atoms with Gasteiger partial charge in [-0.15, -0.1) is 0 Å². The lowest BCUT2D eigenvalue weighted by molar-refractivity contribution is 0.107. The van der Waals surface area contributed by atoms with Crippen molar-refractivity contribution in [2.24, 2.45) is 11.3 Å². The summed E-state index contributed by atoms with van der Waals surface area (Å²) < 4.78 is 0. The molecule has 2 atom stereocenters. The van der Waals surface area contributed by atoms with Crippen molar-refractivity contribution < 1.29 is 0 Å². The minimum absolute atomic E-state index is 0.476. The van der Waals surface area contributed by atoms with Crippen molar-refractivity contribution in [3.05, 3.63) is 0 Å². The third-order valence-electron chi connectivity index (χ3n) is 5.58. The van der Waals surface area contributed by atoms with E-state index in [2.05, 4.69) is 42.8 Å². The summed E-state index contributed by atoms with van der Waals surface area (Å²) in [6.45, 7) is 18.3. The van der Waals surface area contributed by atoms with Gasteiger partial charge in [0.1, 0.15) is 0 Å². The topological polar surface area (TPSA) is 18.5 Å². The van der Waals surface area contributed by atoms with Crippen LogP contribution in [0.3, 0.4) is 0 Å². The Balaban J connectivity index is 1.81. The minimum atomic E-state index is 0.476. The van der Waals surface area contributed by atoms with Crippen LogP contribution in [-0.4, -0.2) is 61.7 Å². The fourth-order valence-electron chi connectivity index (χ4n) is 4.30. The van der Waals surface area contributed by atoms with Crippen molar-refractivity contribution in [2.45, 2.75) is 59.4 Å². The molecule has 2 rings (SSSR count). The highest BCUT2D eigenvalue weighted by molar-refractivity contribution is 4.97. The minimum Gasteiger partial charge on any atom is -0.313 e. The number of nitrogens with zero attached hydrogens (tertiary/aromatic N) is 2. The van der Waals surface area contributed by atoms with E-state index >= 15 is 0 Å². The summed E-state index contributed by atoms with van der Waals surface area (Å²) in [7, 11) is 0. The molecule has 0 aromatic heterocycles. The monoisotopic (exact) mass is 295 g/mol. The SMILES string of the molecule is CCCNC1C(CN2CCN(CCC)CC2)CCC1(C)C. The summed E-state index contributed by atoms with van der Waals surface area (Å²) in [6.07, 6.45) is 5.33. The molecule has 3 nitrogen and oxygen atoms in total. The highest BCUT2D eigenvalue weighted by Crippen LogP contribution is 2.41. The van der Waals surface area contributed by atoms with Gasteiger partial charge in [-0.2, -0.15) is 0 Å². The van der Waals surface area contributed by atoms with Crippen molar-refractivity contribution >= 4 is 0 Å². The van der Waals surface area contributed by atoms with Crippen LogP contribution in [0, 0.1) is 11.3 Å². The van der Waals surface area contributed by atoms with Crippen LogP contribution in [0.15, 0.2) is 0 Å². The average molecular weight is 296 g/mol. The van der Waals surface area contributed by atoms with Gasteiger partial charge >= 0.3 is 0 Å². The Morgan fingerprint density at radius 3 is 2.29 bits per heavy atom. The maximum atomic E-state index is 3.85. The maximum Gasteiger partial charge on any atom is 0.0159 e. The largest absolute Gasteiger partial charge is 0.313 e. The van der Waals surface area contributed by atoms with Crippen LogP contribution >= 0.6 is 0 Å². The highest BCUT2D eigenvalue weighted by atomic mass is 15.3. The number of rotatable bonds is 7. The maximum absolute atomic E-state index is 3.85. The molecule has 124 valence electrons. The summed E-state index contributed by atoms with van der Waals surface area (Å²) in [6, 6.07) is 0.714. The molecule has 0 bridgehead atoms. The molecule has 2 fully saturated rings. The Labute approximate surface area is 132 Å². The molecule has 2 unspecified atom stereocenters. The van der Waals surface area contributed by atoms with Crippen LogP contribution in [0.25, 0.3) is 0 Å². The lowest BCUT2D eigenvalue weighted by atomic mass is 9.84. The molecule has 3 heteroatoms. The molecule has 2 aliphatic rings. The molecule has 21 heavy (non-hydrogen) atoms. The smallest absolute Gasteiger partial charge is 0.0159 e. The van der Waals surface area contributed by atoms with Gasteiger partial charge in [0.2, 0.25) is 0 Å². The molecular weight excluding hydrogens is 258 g/mol. The predicted molar refractivity (Wildman–Crippen MR) is 91.8 cm³/mol. The van der Waals surface area contributed by atoms with E-state index in [1.165, 1.54) is 71.5 Å². The molecule has 0 aromatic rings. The van der Waals surface area contributed by atoms with Gasteiger partial charge in [-0.3, -0.25) is 0 Å². The number of nitrogens with one attached hydrogen (secondary N) is 1. The molecule has 1 saturated carbocycles. The molecule has 0 spiro atoms. The van der Waals surface area contributed by atoms with Gasteiger partial charge in [0.15, 0.2) is 0 Å². The van der Waals surface area contributed by atoms with Gasteiger partial charge < -0.3 is 15.1 Å².